The smallest absolute Gasteiger partial charge is 0.289 e. The van der Waals surface area contributed by atoms with Gasteiger partial charge < -0.3 is 14.4 Å². The molecule has 3 heterocycles. The van der Waals surface area contributed by atoms with Gasteiger partial charge in [0.25, 0.3) is 5.91 Å². The molecule has 0 spiro atoms. The highest BCUT2D eigenvalue weighted by Gasteiger charge is 2.48. The van der Waals surface area contributed by atoms with Gasteiger partial charge in [0.1, 0.15) is 12.4 Å². The number of amides is 1. The molecular weight excluding hydrogens is 320 g/mol. The summed E-state index contributed by atoms with van der Waals surface area (Å²) in [6.45, 7) is 3.80. The number of aliphatic hydroxyl groups is 1. The zero-order valence-electron chi connectivity index (χ0n) is 13.1. The van der Waals surface area contributed by atoms with Gasteiger partial charge in [-0.15, -0.1) is 0 Å². The molecule has 2 saturated heterocycles. The van der Waals surface area contributed by atoms with E-state index in [1.54, 1.807) is 11.0 Å². The Hall–Kier alpha value is -1.38. The molecule has 2 aliphatic rings. The van der Waals surface area contributed by atoms with Crippen LogP contribution in [-0.4, -0.2) is 72.5 Å². The van der Waals surface area contributed by atoms with E-state index in [0.29, 0.717) is 18.8 Å². The molecule has 0 saturated carbocycles. The average molecular weight is 342 g/mol. The monoisotopic (exact) mass is 342 g/mol. The van der Waals surface area contributed by atoms with Crippen molar-refractivity contribution in [3.8, 4) is 0 Å². The van der Waals surface area contributed by atoms with Crippen LogP contribution in [0.5, 0.6) is 0 Å². The Morgan fingerprint density at radius 2 is 2.04 bits per heavy atom. The van der Waals surface area contributed by atoms with Crippen molar-refractivity contribution in [2.75, 3.05) is 31.1 Å². The highest BCUT2D eigenvalue weighted by atomic mass is 32.2. The van der Waals surface area contributed by atoms with Gasteiger partial charge in [-0.1, -0.05) is 6.92 Å². The molecule has 0 aromatic carbocycles. The number of carbonyl (C=O) groups excluding carboxylic acids is 1. The lowest BCUT2D eigenvalue weighted by atomic mass is 10.0. The second-order valence-corrected chi connectivity index (χ2v) is 8.32. The van der Waals surface area contributed by atoms with Crippen molar-refractivity contribution in [2.45, 2.75) is 32.0 Å². The van der Waals surface area contributed by atoms with Gasteiger partial charge in [0, 0.05) is 19.1 Å². The fourth-order valence-electron chi connectivity index (χ4n) is 3.56. The van der Waals surface area contributed by atoms with E-state index in [-0.39, 0.29) is 41.9 Å². The molecule has 1 aromatic rings. The standard InChI is InChI=1S/C15H22N2O5S/c1-2-5-16-6-7-17(13-10-23(20,21)9-12(13)16)15(19)14-4-3-11(8-18)22-14/h3-4,12-13,18H,2,5-10H2,1H3/t12-,13+/m1/s1. The maximum Gasteiger partial charge on any atom is 0.289 e. The van der Waals surface area contributed by atoms with Gasteiger partial charge in [-0.05, 0) is 25.1 Å². The summed E-state index contributed by atoms with van der Waals surface area (Å²) < 4.78 is 29.5. The van der Waals surface area contributed by atoms with Crippen molar-refractivity contribution in [1.29, 1.82) is 0 Å². The normalized spacial score (nSPS) is 27.1. The summed E-state index contributed by atoms with van der Waals surface area (Å²) in [7, 11) is -3.13. The summed E-state index contributed by atoms with van der Waals surface area (Å²) in [6.07, 6.45) is 0.954. The maximum atomic E-state index is 12.7. The van der Waals surface area contributed by atoms with Crippen LogP contribution in [0.2, 0.25) is 0 Å². The quantitative estimate of drug-likeness (QED) is 0.835. The number of hydrogen-bond donors (Lipinski definition) is 1. The maximum absolute atomic E-state index is 12.7. The number of furan rings is 1. The zero-order valence-corrected chi connectivity index (χ0v) is 14.0. The molecule has 1 amide bonds. The van der Waals surface area contributed by atoms with E-state index in [2.05, 4.69) is 11.8 Å². The van der Waals surface area contributed by atoms with Crippen LogP contribution in [0.1, 0.15) is 29.7 Å². The van der Waals surface area contributed by atoms with Crippen LogP contribution >= 0.6 is 0 Å². The van der Waals surface area contributed by atoms with Crippen LogP contribution < -0.4 is 0 Å². The lowest BCUT2D eigenvalue weighted by Crippen LogP contribution is -2.60. The SMILES string of the molecule is CCCN1CCN(C(=O)c2ccc(CO)o2)[C@H]2CS(=O)(=O)C[C@H]21. The largest absolute Gasteiger partial charge is 0.453 e. The molecule has 2 fully saturated rings. The van der Waals surface area contributed by atoms with E-state index in [1.165, 1.54) is 6.07 Å². The van der Waals surface area contributed by atoms with Gasteiger partial charge in [-0.3, -0.25) is 9.69 Å². The Labute approximate surface area is 135 Å². The fourth-order valence-corrected chi connectivity index (χ4v) is 5.57. The molecule has 3 rings (SSSR count). The second kappa shape index (κ2) is 6.26. The van der Waals surface area contributed by atoms with Gasteiger partial charge in [-0.2, -0.15) is 0 Å². The number of piperazine rings is 1. The number of sulfone groups is 1. The van der Waals surface area contributed by atoms with Crippen LogP contribution in [0.4, 0.5) is 0 Å². The minimum absolute atomic E-state index is 0.0111. The highest BCUT2D eigenvalue weighted by Crippen LogP contribution is 2.28. The third-order valence-corrected chi connectivity index (χ3v) is 6.29. The first-order valence-electron chi connectivity index (χ1n) is 7.90. The first kappa shape index (κ1) is 16.5. The first-order valence-corrected chi connectivity index (χ1v) is 9.72. The molecule has 2 aliphatic heterocycles. The summed E-state index contributed by atoms with van der Waals surface area (Å²) in [5.74, 6) is 0.307. The van der Waals surface area contributed by atoms with Crippen molar-refractivity contribution in [2.24, 2.45) is 0 Å². The minimum atomic E-state index is -3.13. The van der Waals surface area contributed by atoms with E-state index >= 15 is 0 Å². The Morgan fingerprint density at radius 1 is 1.30 bits per heavy atom. The molecule has 2 atom stereocenters. The van der Waals surface area contributed by atoms with Gasteiger partial charge in [0.15, 0.2) is 15.6 Å². The van der Waals surface area contributed by atoms with Gasteiger partial charge in [0.05, 0.1) is 17.5 Å². The molecule has 0 aliphatic carbocycles. The molecule has 1 aromatic heterocycles. The van der Waals surface area contributed by atoms with Crippen LogP contribution in [-0.2, 0) is 16.4 Å². The van der Waals surface area contributed by atoms with E-state index in [9.17, 15) is 13.2 Å². The average Bonchev–Trinajstić information content (AvgIpc) is 3.10. The summed E-state index contributed by atoms with van der Waals surface area (Å²) in [6, 6.07) is 2.63. The molecule has 0 radical (unpaired) electrons. The van der Waals surface area contributed by atoms with Crippen molar-refractivity contribution in [1.82, 2.24) is 9.80 Å². The fraction of sp³-hybridized carbons (Fsp3) is 0.667. The molecule has 0 unspecified atom stereocenters. The summed E-state index contributed by atoms with van der Waals surface area (Å²) in [5.41, 5.74) is 0. The van der Waals surface area contributed by atoms with Crippen molar-refractivity contribution >= 4 is 15.7 Å². The van der Waals surface area contributed by atoms with E-state index in [0.717, 1.165) is 13.0 Å². The second-order valence-electron chi connectivity index (χ2n) is 6.17. The number of carbonyl (C=O) groups is 1. The van der Waals surface area contributed by atoms with Crippen molar-refractivity contribution in [3.05, 3.63) is 23.7 Å². The van der Waals surface area contributed by atoms with Gasteiger partial charge >= 0.3 is 0 Å². The molecule has 128 valence electrons. The zero-order chi connectivity index (χ0) is 16.6. The van der Waals surface area contributed by atoms with Crippen molar-refractivity contribution < 1.29 is 22.7 Å². The summed E-state index contributed by atoms with van der Waals surface area (Å²) in [4.78, 5) is 16.5. The molecule has 8 heteroatoms. The predicted octanol–water partition coefficient (Wildman–Crippen LogP) is 0.105. The molecule has 0 bridgehead atoms. The predicted molar refractivity (Wildman–Crippen MR) is 83.8 cm³/mol. The molecule has 7 nitrogen and oxygen atoms in total. The van der Waals surface area contributed by atoms with Gasteiger partial charge in [0.2, 0.25) is 0 Å². The third kappa shape index (κ3) is 3.15. The summed E-state index contributed by atoms with van der Waals surface area (Å²) in [5, 5.41) is 9.05. The molecule has 1 N–H and O–H groups in total. The lowest BCUT2D eigenvalue weighted by molar-refractivity contribution is 0.0306. The Bertz CT molecular complexity index is 684. The Morgan fingerprint density at radius 3 is 2.70 bits per heavy atom. The number of fused-ring (bicyclic) bond motifs is 1. The number of aliphatic hydroxyl groups excluding tert-OH is 1. The van der Waals surface area contributed by atoms with E-state index in [1.807, 2.05) is 0 Å². The molecular formula is C15H22N2O5S. The first-order chi connectivity index (χ1) is 10.9. The Kier molecular flexibility index (Phi) is 4.48. The lowest BCUT2D eigenvalue weighted by Gasteiger charge is -2.43. The number of nitrogens with zero attached hydrogens (tertiary/aromatic N) is 2. The minimum Gasteiger partial charge on any atom is -0.453 e. The molecule has 23 heavy (non-hydrogen) atoms. The number of rotatable bonds is 4. The van der Waals surface area contributed by atoms with Crippen LogP contribution in [0, 0.1) is 0 Å². The highest BCUT2D eigenvalue weighted by molar-refractivity contribution is 7.91. The number of hydrogen-bond acceptors (Lipinski definition) is 6. The van der Waals surface area contributed by atoms with E-state index in [4.69, 9.17) is 9.52 Å². The van der Waals surface area contributed by atoms with Crippen LogP contribution in [0.3, 0.4) is 0 Å². The van der Waals surface area contributed by atoms with Gasteiger partial charge in [-0.25, -0.2) is 8.42 Å². The van der Waals surface area contributed by atoms with Crippen molar-refractivity contribution in [3.63, 3.8) is 0 Å². The summed E-state index contributed by atoms with van der Waals surface area (Å²) >= 11 is 0. The van der Waals surface area contributed by atoms with Crippen LogP contribution in [0.15, 0.2) is 16.5 Å². The third-order valence-electron chi connectivity index (χ3n) is 4.59. The Balaban J connectivity index is 1.84. The topological polar surface area (TPSA) is 91.1 Å². The van der Waals surface area contributed by atoms with Crippen LogP contribution in [0.25, 0.3) is 0 Å². The van der Waals surface area contributed by atoms with E-state index < -0.39 is 9.84 Å².